The minimum absolute atomic E-state index is 0.0374. The Bertz CT molecular complexity index is 640. The monoisotopic (exact) mass is 313 g/mol. The number of sulfonamides is 1. The molecule has 0 saturated carbocycles. The van der Waals surface area contributed by atoms with E-state index in [0.717, 1.165) is 19.5 Å². The summed E-state index contributed by atoms with van der Waals surface area (Å²) in [5.41, 5.74) is 0.273. The molecule has 1 saturated heterocycles. The first-order valence-corrected chi connectivity index (χ1v) is 8.16. The summed E-state index contributed by atoms with van der Waals surface area (Å²) in [5.74, 6) is 0.313. The van der Waals surface area contributed by atoms with Crippen molar-refractivity contribution in [2.45, 2.75) is 11.3 Å². The van der Waals surface area contributed by atoms with Crippen LogP contribution in [0, 0.1) is 17.2 Å². The molecule has 0 spiro atoms. The lowest BCUT2D eigenvalue weighted by Gasteiger charge is -2.13. The summed E-state index contributed by atoms with van der Waals surface area (Å²) < 4.78 is 27.1. The van der Waals surface area contributed by atoms with Crippen LogP contribution >= 0.6 is 11.6 Å². The van der Waals surface area contributed by atoms with Crippen LogP contribution in [0.3, 0.4) is 0 Å². The van der Waals surface area contributed by atoms with Crippen LogP contribution in [0.5, 0.6) is 0 Å². The number of hydrogen-bond donors (Lipinski definition) is 1. The second kappa shape index (κ2) is 6.10. The summed E-state index contributed by atoms with van der Waals surface area (Å²) in [4.78, 5) is 2.13. The number of benzene rings is 1. The zero-order valence-electron chi connectivity index (χ0n) is 11.1. The Labute approximate surface area is 124 Å². The maximum atomic E-state index is 12.2. The van der Waals surface area contributed by atoms with Gasteiger partial charge in [-0.25, -0.2) is 13.1 Å². The summed E-state index contributed by atoms with van der Waals surface area (Å²) in [6, 6.07) is 6.13. The molecule has 108 valence electrons. The Balaban J connectivity index is 2.12. The normalized spacial score (nSPS) is 19.9. The van der Waals surface area contributed by atoms with E-state index in [-0.39, 0.29) is 15.5 Å². The van der Waals surface area contributed by atoms with Crippen LogP contribution in [0.1, 0.15) is 12.0 Å². The molecule has 1 aliphatic rings. The van der Waals surface area contributed by atoms with Crippen LogP contribution in [-0.2, 0) is 10.0 Å². The van der Waals surface area contributed by atoms with E-state index in [4.69, 9.17) is 16.9 Å². The summed E-state index contributed by atoms with van der Waals surface area (Å²) in [6.45, 7) is 2.26. The minimum Gasteiger partial charge on any atom is -0.306 e. The van der Waals surface area contributed by atoms with Crippen molar-refractivity contribution in [1.82, 2.24) is 9.62 Å². The highest BCUT2D eigenvalue weighted by Gasteiger charge is 2.23. The molecule has 2 rings (SSSR count). The van der Waals surface area contributed by atoms with Gasteiger partial charge in [-0.1, -0.05) is 11.6 Å². The van der Waals surface area contributed by atoms with Crippen molar-refractivity contribution in [1.29, 1.82) is 5.26 Å². The first-order valence-electron chi connectivity index (χ1n) is 6.30. The lowest BCUT2D eigenvalue weighted by molar-refractivity contribution is 0.394. The van der Waals surface area contributed by atoms with E-state index >= 15 is 0 Å². The van der Waals surface area contributed by atoms with Gasteiger partial charge in [-0.05, 0) is 44.1 Å². The quantitative estimate of drug-likeness (QED) is 0.913. The van der Waals surface area contributed by atoms with E-state index in [1.54, 1.807) is 0 Å². The van der Waals surface area contributed by atoms with Gasteiger partial charge in [0.2, 0.25) is 10.0 Å². The molecule has 1 aliphatic heterocycles. The molecule has 0 amide bonds. The number of rotatable bonds is 4. The Morgan fingerprint density at radius 3 is 2.90 bits per heavy atom. The van der Waals surface area contributed by atoms with E-state index in [1.807, 2.05) is 13.1 Å². The number of nitrogens with zero attached hydrogens (tertiary/aromatic N) is 2. The van der Waals surface area contributed by atoms with Gasteiger partial charge in [0, 0.05) is 13.1 Å². The number of nitrogens with one attached hydrogen (secondary N) is 1. The van der Waals surface area contributed by atoms with Gasteiger partial charge in [-0.2, -0.15) is 5.26 Å². The third kappa shape index (κ3) is 3.49. The second-order valence-electron chi connectivity index (χ2n) is 5.03. The maximum absolute atomic E-state index is 12.2. The zero-order chi connectivity index (χ0) is 14.8. The topological polar surface area (TPSA) is 73.2 Å². The van der Waals surface area contributed by atoms with Gasteiger partial charge in [-0.3, -0.25) is 0 Å². The van der Waals surface area contributed by atoms with E-state index in [2.05, 4.69) is 9.62 Å². The standard InChI is InChI=1S/C13H16ClN3O2S/c1-17-5-4-11(9-17)8-16-20(18,19)13-6-10(7-15)2-3-12(13)14/h2-3,6,11,16H,4-5,8-9H2,1H3. The van der Waals surface area contributed by atoms with Crippen LogP contribution in [0.25, 0.3) is 0 Å². The Morgan fingerprint density at radius 1 is 1.55 bits per heavy atom. The predicted octanol–water partition coefficient (Wildman–Crippen LogP) is 1.44. The van der Waals surface area contributed by atoms with Crippen molar-refractivity contribution < 1.29 is 8.42 Å². The molecular formula is C13H16ClN3O2S. The molecule has 5 nitrogen and oxygen atoms in total. The Kier molecular flexibility index (Phi) is 4.66. The third-order valence-electron chi connectivity index (χ3n) is 3.40. The van der Waals surface area contributed by atoms with Gasteiger partial charge in [0.05, 0.1) is 16.7 Å². The number of halogens is 1. The molecule has 0 radical (unpaired) electrons. The van der Waals surface area contributed by atoms with Crippen LogP contribution in [0.15, 0.2) is 23.1 Å². The van der Waals surface area contributed by atoms with Gasteiger partial charge < -0.3 is 4.90 Å². The van der Waals surface area contributed by atoms with E-state index in [9.17, 15) is 8.42 Å². The Morgan fingerprint density at radius 2 is 2.30 bits per heavy atom. The Hall–Kier alpha value is -1.13. The van der Waals surface area contributed by atoms with Gasteiger partial charge in [-0.15, -0.1) is 0 Å². The first kappa shape index (κ1) is 15.3. The number of hydrogen-bond acceptors (Lipinski definition) is 4. The van der Waals surface area contributed by atoms with Crippen LogP contribution in [-0.4, -0.2) is 40.0 Å². The molecule has 0 aromatic heterocycles. The number of likely N-dealkylation sites (tertiary alicyclic amines) is 1. The van der Waals surface area contributed by atoms with Crippen molar-refractivity contribution in [3.63, 3.8) is 0 Å². The molecule has 1 fully saturated rings. The lowest BCUT2D eigenvalue weighted by atomic mass is 10.1. The predicted molar refractivity (Wildman–Crippen MR) is 77.0 cm³/mol. The number of nitriles is 1. The fraction of sp³-hybridized carbons (Fsp3) is 0.462. The molecule has 1 unspecified atom stereocenters. The molecule has 0 aliphatic carbocycles. The summed E-state index contributed by atoms with van der Waals surface area (Å²) in [6.07, 6.45) is 0.977. The highest BCUT2D eigenvalue weighted by molar-refractivity contribution is 7.89. The molecular weight excluding hydrogens is 298 g/mol. The van der Waals surface area contributed by atoms with Crippen molar-refractivity contribution in [3.05, 3.63) is 28.8 Å². The van der Waals surface area contributed by atoms with Gasteiger partial charge in [0.1, 0.15) is 4.90 Å². The zero-order valence-corrected chi connectivity index (χ0v) is 12.7. The molecule has 0 bridgehead atoms. The van der Waals surface area contributed by atoms with E-state index in [0.29, 0.717) is 12.5 Å². The average molecular weight is 314 g/mol. The molecule has 1 aromatic carbocycles. The molecule has 1 N–H and O–H groups in total. The fourth-order valence-corrected chi connectivity index (χ4v) is 3.92. The van der Waals surface area contributed by atoms with Gasteiger partial charge in [0.15, 0.2) is 0 Å². The SMILES string of the molecule is CN1CCC(CNS(=O)(=O)c2cc(C#N)ccc2Cl)C1. The van der Waals surface area contributed by atoms with Crippen molar-refractivity contribution in [2.24, 2.45) is 5.92 Å². The van der Waals surface area contributed by atoms with Crippen LogP contribution in [0.2, 0.25) is 5.02 Å². The molecule has 20 heavy (non-hydrogen) atoms. The summed E-state index contributed by atoms with van der Waals surface area (Å²) >= 11 is 5.92. The fourth-order valence-electron chi connectivity index (χ4n) is 2.28. The molecule has 1 aromatic rings. The van der Waals surface area contributed by atoms with E-state index < -0.39 is 10.0 Å². The third-order valence-corrected chi connectivity index (χ3v) is 5.31. The minimum atomic E-state index is -3.68. The lowest BCUT2D eigenvalue weighted by Crippen LogP contribution is -2.30. The van der Waals surface area contributed by atoms with Gasteiger partial charge in [0.25, 0.3) is 0 Å². The molecule has 1 heterocycles. The summed E-state index contributed by atoms with van der Waals surface area (Å²) in [5, 5.41) is 8.96. The van der Waals surface area contributed by atoms with E-state index in [1.165, 1.54) is 18.2 Å². The van der Waals surface area contributed by atoms with Crippen molar-refractivity contribution in [3.8, 4) is 6.07 Å². The van der Waals surface area contributed by atoms with Crippen LogP contribution in [0.4, 0.5) is 0 Å². The maximum Gasteiger partial charge on any atom is 0.242 e. The summed E-state index contributed by atoms with van der Waals surface area (Å²) in [7, 11) is -1.66. The van der Waals surface area contributed by atoms with Gasteiger partial charge >= 0.3 is 0 Å². The molecule has 1 atom stereocenters. The highest BCUT2D eigenvalue weighted by atomic mass is 35.5. The smallest absolute Gasteiger partial charge is 0.242 e. The highest BCUT2D eigenvalue weighted by Crippen LogP contribution is 2.23. The average Bonchev–Trinajstić information content (AvgIpc) is 2.83. The first-order chi connectivity index (χ1) is 9.42. The second-order valence-corrected chi connectivity index (χ2v) is 7.17. The van der Waals surface area contributed by atoms with Crippen molar-refractivity contribution >= 4 is 21.6 Å². The largest absolute Gasteiger partial charge is 0.306 e. The van der Waals surface area contributed by atoms with Crippen molar-refractivity contribution in [2.75, 3.05) is 26.7 Å². The molecule has 7 heteroatoms. The van der Waals surface area contributed by atoms with Crippen LogP contribution < -0.4 is 4.72 Å².